The first-order chi connectivity index (χ1) is 7.16. The maximum absolute atomic E-state index is 3.59. The number of thiophene rings is 1. The average Bonchev–Trinajstić information content (AvgIpc) is 2.59. The second-order valence-corrected chi connectivity index (χ2v) is 6.11. The summed E-state index contributed by atoms with van der Waals surface area (Å²) >= 11 is 5.44. The van der Waals surface area contributed by atoms with Crippen molar-refractivity contribution in [1.29, 1.82) is 0 Å². The van der Waals surface area contributed by atoms with E-state index in [4.69, 9.17) is 0 Å². The summed E-state index contributed by atoms with van der Waals surface area (Å²) < 4.78 is 1.26. The summed E-state index contributed by atoms with van der Waals surface area (Å²) in [7, 11) is 2.21. The third-order valence-corrected chi connectivity index (χ3v) is 5.01. The zero-order valence-electron chi connectivity index (χ0n) is 9.24. The number of hydrogen-bond donors (Lipinski definition) is 0. The Morgan fingerprint density at radius 2 is 2.33 bits per heavy atom. The van der Waals surface area contributed by atoms with E-state index in [1.54, 1.807) is 0 Å². The summed E-state index contributed by atoms with van der Waals surface area (Å²) in [6.45, 7) is 6.95. The summed E-state index contributed by atoms with van der Waals surface area (Å²) in [6.07, 6.45) is 0. The number of likely N-dealkylation sites (N-methyl/N-ethyl adjacent to an activating group) is 1. The van der Waals surface area contributed by atoms with Crippen LogP contribution in [0.25, 0.3) is 0 Å². The minimum absolute atomic E-state index is 0.678. The van der Waals surface area contributed by atoms with E-state index in [1.807, 2.05) is 11.3 Å². The van der Waals surface area contributed by atoms with Crippen molar-refractivity contribution in [3.63, 3.8) is 0 Å². The molecule has 2 rings (SSSR count). The third kappa shape index (κ3) is 2.81. The number of rotatable bonds is 2. The molecule has 1 unspecified atom stereocenters. The molecular formula is C11H17BrN2S. The molecule has 4 heteroatoms. The molecule has 2 nitrogen and oxygen atoms in total. The zero-order valence-corrected chi connectivity index (χ0v) is 11.6. The summed E-state index contributed by atoms with van der Waals surface area (Å²) in [6, 6.07) is 2.82. The van der Waals surface area contributed by atoms with Gasteiger partial charge in [0.05, 0.1) is 0 Å². The van der Waals surface area contributed by atoms with Gasteiger partial charge in [0.25, 0.3) is 0 Å². The van der Waals surface area contributed by atoms with Gasteiger partial charge in [-0.25, -0.2) is 0 Å². The minimum Gasteiger partial charge on any atom is -0.301 e. The molecular weight excluding hydrogens is 272 g/mol. The topological polar surface area (TPSA) is 6.48 Å². The molecule has 0 saturated carbocycles. The first-order valence-electron chi connectivity index (χ1n) is 5.31. The Balaban J connectivity index is 1.94. The first kappa shape index (κ1) is 11.6. The summed E-state index contributed by atoms with van der Waals surface area (Å²) in [5, 5.41) is 2.15. The van der Waals surface area contributed by atoms with Crippen LogP contribution in [0.4, 0.5) is 0 Å². The lowest BCUT2D eigenvalue weighted by Gasteiger charge is -2.37. The van der Waals surface area contributed by atoms with E-state index in [2.05, 4.69) is 51.1 Å². The van der Waals surface area contributed by atoms with Crippen LogP contribution in [-0.4, -0.2) is 42.5 Å². The molecule has 0 N–H and O–H groups in total. The van der Waals surface area contributed by atoms with Crippen LogP contribution in [0.5, 0.6) is 0 Å². The average molecular weight is 289 g/mol. The van der Waals surface area contributed by atoms with Gasteiger partial charge in [0, 0.05) is 41.6 Å². The van der Waals surface area contributed by atoms with Crippen LogP contribution in [0.1, 0.15) is 11.8 Å². The number of halogens is 1. The van der Waals surface area contributed by atoms with Gasteiger partial charge in [0.2, 0.25) is 0 Å². The molecule has 1 fully saturated rings. The van der Waals surface area contributed by atoms with Gasteiger partial charge in [-0.15, -0.1) is 11.3 Å². The van der Waals surface area contributed by atoms with Gasteiger partial charge in [0.1, 0.15) is 0 Å². The predicted molar refractivity (Wildman–Crippen MR) is 69.4 cm³/mol. The van der Waals surface area contributed by atoms with E-state index in [9.17, 15) is 0 Å². The van der Waals surface area contributed by atoms with Crippen LogP contribution in [0.3, 0.4) is 0 Å². The van der Waals surface area contributed by atoms with Gasteiger partial charge >= 0.3 is 0 Å². The Kier molecular flexibility index (Phi) is 3.83. The molecule has 0 radical (unpaired) electrons. The standard InChI is InChI=1S/C11H17BrN2S/c1-9-7-14(5-4-13(9)2)8-11-10(12)3-6-15-11/h3,6,9H,4-5,7-8H2,1-2H3. The van der Waals surface area contributed by atoms with Gasteiger partial charge in [-0.3, -0.25) is 4.90 Å². The van der Waals surface area contributed by atoms with Gasteiger partial charge < -0.3 is 4.90 Å². The summed E-state index contributed by atoms with van der Waals surface area (Å²) in [4.78, 5) is 6.42. The molecule has 0 aromatic carbocycles. The Labute approximate surface area is 104 Å². The molecule has 1 aliphatic heterocycles. The van der Waals surface area contributed by atoms with Crippen molar-refractivity contribution < 1.29 is 0 Å². The fourth-order valence-corrected chi connectivity index (χ4v) is 3.43. The normalized spacial score (nSPS) is 24.6. The fourth-order valence-electron chi connectivity index (χ4n) is 1.91. The van der Waals surface area contributed by atoms with Gasteiger partial charge in [0.15, 0.2) is 0 Å². The Hall–Kier alpha value is 0.1000. The Bertz CT molecular complexity index is 326. The van der Waals surface area contributed by atoms with Crippen LogP contribution in [0, 0.1) is 0 Å². The highest BCUT2D eigenvalue weighted by Gasteiger charge is 2.21. The van der Waals surface area contributed by atoms with Gasteiger partial charge in [-0.2, -0.15) is 0 Å². The fraction of sp³-hybridized carbons (Fsp3) is 0.636. The van der Waals surface area contributed by atoms with Crippen LogP contribution in [0.2, 0.25) is 0 Å². The van der Waals surface area contributed by atoms with Crippen molar-refractivity contribution in [3.05, 3.63) is 20.8 Å². The molecule has 15 heavy (non-hydrogen) atoms. The highest BCUT2D eigenvalue weighted by molar-refractivity contribution is 9.10. The van der Waals surface area contributed by atoms with Crippen molar-refractivity contribution in [3.8, 4) is 0 Å². The first-order valence-corrected chi connectivity index (χ1v) is 6.98. The van der Waals surface area contributed by atoms with Gasteiger partial charge in [-0.1, -0.05) is 0 Å². The molecule has 1 aromatic rings. The molecule has 0 aliphatic carbocycles. The largest absolute Gasteiger partial charge is 0.301 e. The van der Waals surface area contributed by atoms with E-state index in [-0.39, 0.29) is 0 Å². The lowest BCUT2D eigenvalue weighted by molar-refractivity contribution is 0.101. The summed E-state index contributed by atoms with van der Waals surface area (Å²) in [5.41, 5.74) is 0. The monoisotopic (exact) mass is 288 g/mol. The lowest BCUT2D eigenvalue weighted by Crippen LogP contribution is -2.49. The number of piperazine rings is 1. The van der Waals surface area contributed by atoms with E-state index in [0.29, 0.717) is 6.04 Å². The van der Waals surface area contributed by atoms with E-state index in [1.165, 1.54) is 29.0 Å². The smallest absolute Gasteiger partial charge is 0.0340 e. The highest BCUT2D eigenvalue weighted by Crippen LogP contribution is 2.24. The number of hydrogen-bond acceptors (Lipinski definition) is 3. The van der Waals surface area contributed by atoms with Crippen molar-refractivity contribution >= 4 is 27.3 Å². The van der Waals surface area contributed by atoms with Crippen LogP contribution in [-0.2, 0) is 6.54 Å². The SMILES string of the molecule is CC1CN(Cc2sccc2Br)CCN1C. The van der Waals surface area contributed by atoms with E-state index >= 15 is 0 Å². The van der Waals surface area contributed by atoms with Crippen molar-refractivity contribution in [2.24, 2.45) is 0 Å². The molecule has 1 aromatic heterocycles. The molecule has 1 saturated heterocycles. The predicted octanol–water partition coefficient (Wildman–Crippen LogP) is 2.65. The molecule has 0 spiro atoms. The second kappa shape index (κ2) is 4.95. The third-order valence-electron chi connectivity index (χ3n) is 3.10. The quantitative estimate of drug-likeness (QED) is 0.826. The maximum atomic E-state index is 3.59. The van der Waals surface area contributed by atoms with Crippen molar-refractivity contribution in [2.45, 2.75) is 19.5 Å². The van der Waals surface area contributed by atoms with Crippen LogP contribution >= 0.6 is 27.3 Å². The zero-order chi connectivity index (χ0) is 10.8. The van der Waals surface area contributed by atoms with Crippen molar-refractivity contribution in [2.75, 3.05) is 26.7 Å². The van der Waals surface area contributed by atoms with E-state index in [0.717, 1.165) is 6.54 Å². The highest BCUT2D eigenvalue weighted by atomic mass is 79.9. The van der Waals surface area contributed by atoms with Crippen LogP contribution < -0.4 is 0 Å². The molecule has 1 aliphatic rings. The lowest BCUT2D eigenvalue weighted by atomic mass is 10.2. The maximum Gasteiger partial charge on any atom is 0.0340 e. The molecule has 84 valence electrons. The van der Waals surface area contributed by atoms with Gasteiger partial charge in [-0.05, 0) is 41.3 Å². The number of nitrogens with zero attached hydrogens (tertiary/aromatic N) is 2. The molecule has 2 heterocycles. The Morgan fingerprint density at radius 1 is 1.53 bits per heavy atom. The minimum atomic E-state index is 0.678. The molecule has 1 atom stereocenters. The summed E-state index contributed by atoms with van der Waals surface area (Å²) in [5.74, 6) is 0. The Morgan fingerprint density at radius 3 is 2.93 bits per heavy atom. The van der Waals surface area contributed by atoms with Crippen molar-refractivity contribution in [1.82, 2.24) is 9.80 Å². The van der Waals surface area contributed by atoms with Crippen LogP contribution in [0.15, 0.2) is 15.9 Å². The molecule has 0 bridgehead atoms. The van der Waals surface area contributed by atoms with E-state index < -0.39 is 0 Å². The second-order valence-electron chi connectivity index (χ2n) is 4.26. The molecule has 0 amide bonds.